The van der Waals surface area contributed by atoms with Gasteiger partial charge in [-0.25, -0.2) is 9.67 Å². The van der Waals surface area contributed by atoms with E-state index in [2.05, 4.69) is 26.0 Å². The Labute approximate surface area is 89.9 Å². The number of benzene rings is 1. The molecular formula is C9H9BrN4. The lowest BCUT2D eigenvalue weighted by Gasteiger charge is -2.02. The summed E-state index contributed by atoms with van der Waals surface area (Å²) in [6.45, 7) is 0. The molecule has 14 heavy (non-hydrogen) atoms. The second-order valence-electron chi connectivity index (χ2n) is 2.98. The summed E-state index contributed by atoms with van der Waals surface area (Å²) in [7, 11) is 1.85. The molecule has 72 valence electrons. The topological polar surface area (TPSA) is 56.7 Å². The molecule has 0 saturated carbocycles. The van der Waals surface area contributed by atoms with Gasteiger partial charge < -0.3 is 5.73 Å². The van der Waals surface area contributed by atoms with Crippen LogP contribution in [0.4, 0.5) is 5.69 Å². The van der Waals surface area contributed by atoms with Crippen LogP contribution in [-0.2, 0) is 7.05 Å². The van der Waals surface area contributed by atoms with Crippen LogP contribution in [-0.4, -0.2) is 14.8 Å². The molecular weight excluding hydrogens is 244 g/mol. The molecule has 1 heterocycles. The first-order chi connectivity index (χ1) is 6.66. The minimum absolute atomic E-state index is 0.706. The molecule has 0 unspecified atom stereocenters. The van der Waals surface area contributed by atoms with Crippen LogP contribution in [0, 0.1) is 0 Å². The Balaban J connectivity index is 2.57. The third kappa shape index (κ3) is 1.63. The highest BCUT2D eigenvalue weighted by Crippen LogP contribution is 2.23. The van der Waals surface area contributed by atoms with Crippen LogP contribution < -0.4 is 5.73 Å². The predicted octanol–water partition coefficient (Wildman–Crippen LogP) is 1.83. The number of rotatable bonds is 1. The van der Waals surface area contributed by atoms with Crippen molar-refractivity contribution in [1.82, 2.24) is 14.8 Å². The quantitative estimate of drug-likeness (QED) is 0.789. The maximum atomic E-state index is 5.73. The molecule has 4 nitrogen and oxygen atoms in total. The van der Waals surface area contributed by atoms with Crippen LogP contribution in [0.2, 0.25) is 0 Å². The van der Waals surface area contributed by atoms with Crippen molar-refractivity contribution in [2.75, 3.05) is 5.73 Å². The van der Waals surface area contributed by atoms with Crippen LogP contribution >= 0.6 is 15.9 Å². The summed E-state index contributed by atoms with van der Waals surface area (Å²) in [6.07, 6.45) is 1.52. The summed E-state index contributed by atoms with van der Waals surface area (Å²) < 4.78 is 2.65. The van der Waals surface area contributed by atoms with E-state index in [1.165, 1.54) is 6.33 Å². The van der Waals surface area contributed by atoms with Crippen molar-refractivity contribution in [1.29, 1.82) is 0 Å². The molecule has 2 N–H and O–H groups in total. The minimum atomic E-state index is 0.706. The number of aromatic nitrogens is 3. The maximum Gasteiger partial charge on any atom is 0.157 e. The van der Waals surface area contributed by atoms with E-state index in [1.54, 1.807) is 4.68 Å². The normalized spacial score (nSPS) is 10.4. The molecule has 0 aliphatic heterocycles. The molecule has 2 rings (SSSR count). The van der Waals surface area contributed by atoms with E-state index >= 15 is 0 Å². The number of halogens is 1. The average molecular weight is 253 g/mol. The molecule has 0 aliphatic carbocycles. The van der Waals surface area contributed by atoms with E-state index in [0.29, 0.717) is 5.69 Å². The van der Waals surface area contributed by atoms with Gasteiger partial charge in [0.25, 0.3) is 0 Å². The van der Waals surface area contributed by atoms with E-state index in [4.69, 9.17) is 5.73 Å². The summed E-state index contributed by atoms with van der Waals surface area (Å²) in [4.78, 5) is 4.14. The van der Waals surface area contributed by atoms with Gasteiger partial charge in [-0.1, -0.05) is 15.9 Å². The summed E-state index contributed by atoms with van der Waals surface area (Å²) >= 11 is 3.39. The summed E-state index contributed by atoms with van der Waals surface area (Å²) in [6, 6.07) is 5.68. The standard InChI is InChI=1S/C9H9BrN4/c1-14-9(12-5-13-14)6-2-7(10)4-8(11)3-6/h2-5H,11H2,1H3. The molecule has 0 radical (unpaired) electrons. The van der Waals surface area contributed by atoms with Gasteiger partial charge >= 0.3 is 0 Å². The second-order valence-corrected chi connectivity index (χ2v) is 3.90. The number of anilines is 1. The first-order valence-corrected chi connectivity index (χ1v) is 4.86. The largest absolute Gasteiger partial charge is 0.399 e. The number of aryl methyl sites for hydroxylation is 1. The molecule has 0 saturated heterocycles. The van der Waals surface area contributed by atoms with Gasteiger partial charge in [0.2, 0.25) is 0 Å². The summed E-state index contributed by atoms with van der Waals surface area (Å²) in [5.41, 5.74) is 7.39. The molecule has 2 aromatic rings. The number of nitrogen functional groups attached to an aromatic ring is 1. The molecule has 1 aromatic heterocycles. The first kappa shape index (κ1) is 9.21. The zero-order chi connectivity index (χ0) is 10.1. The smallest absolute Gasteiger partial charge is 0.157 e. The van der Waals surface area contributed by atoms with Crippen molar-refractivity contribution >= 4 is 21.6 Å². The van der Waals surface area contributed by atoms with Crippen LogP contribution in [0.25, 0.3) is 11.4 Å². The van der Waals surface area contributed by atoms with Crippen molar-refractivity contribution in [3.8, 4) is 11.4 Å². The van der Waals surface area contributed by atoms with E-state index < -0.39 is 0 Å². The van der Waals surface area contributed by atoms with Gasteiger partial charge in [-0.05, 0) is 18.2 Å². The Morgan fingerprint density at radius 2 is 2.14 bits per heavy atom. The summed E-state index contributed by atoms with van der Waals surface area (Å²) in [5.74, 6) is 0.804. The number of hydrogen-bond donors (Lipinski definition) is 1. The lowest BCUT2D eigenvalue weighted by atomic mass is 10.2. The van der Waals surface area contributed by atoms with Gasteiger partial charge in [0.15, 0.2) is 5.82 Å². The Morgan fingerprint density at radius 3 is 2.71 bits per heavy atom. The number of nitrogens with zero attached hydrogens (tertiary/aromatic N) is 3. The Kier molecular flexibility index (Phi) is 2.25. The number of nitrogens with two attached hydrogens (primary N) is 1. The molecule has 0 fully saturated rings. The van der Waals surface area contributed by atoms with Crippen molar-refractivity contribution < 1.29 is 0 Å². The Hall–Kier alpha value is -1.36. The highest BCUT2D eigenvalue weighted by molar-refractivity contribution is 9.10. The molecule has 0 amide bonds. The van der Waals surface area contributed by atoms with Gasteiger partial charge in [0.05, 0.1) is 0 Å². The molecule has 5 heteroatoms. The fourth-order valence-electron chi connectivity index (χ4n) is 1.30. The minimum Gasteiger partial charge on any atom is -0.399 e. The van der Waals surface area contributed by atoms with Crippen LogP contribution in [0.5, 0.6) is 0 Å². The van der Waals surface area contributed by atoms with Crippen molar-refractivity contribution in [3.63, 3.8) is 0 Å². The zero-order valence-electron chi connectivity index (χ0n) is 7.61. The fourth-order valence-corrected chi connectivity index (χ4v) is 1.81. The van der Waals surface area contributed by atoms with Gasteiger partial charge in [-0.15, -0.1) is 0 Å². The van der Waals surface area contributed by atoms with E-state index in [0.717, 1.165) is 15.9 Å². The Morgan fingerprint density at radius 1 is 1.36 bits per heavy atom. The molecule has 0 aliphatic rings. The highest BCUT2D eigenvalue weighted by atomic mass is 79.9. The van der Waals surface area contributed by atoms with Crippen LogP contribution in [0.3, 0.4) is 0 Å². The lowest BCUT2D eigenvalue weighted by molar-refractivity contribution is 0.774. The van der Waals surface area contributed by atoms with E-state index in [1.807, 2.05) is 25.2 Å². The van der Waals surface area contributed by atoms with Gasteiger partial charge in [0, 0.05) is 22.8 Å². The zero-order valence-corrected chi connectivity index (χ0v) is 9.19. The Bertz CT molecular complexity index is 443. The first-order valence-electron chi connectivity index (χ1n) is 4.07. The molecule has 0 atom stereocenters. The maximum absolute atomic E-state index is 5.73. The third-order valence-electron chi connectivity index (χ3n) is 1.89. The van der Waals surface area contributed by atoms with E-state index in [9.17, 15) is 0 Å². The van der Waals surface area contributed by atoms with Gasteiger partial charge in [0.1, 0.15) is 6.33 Å². The van der Waals surface area contributed by atoms with Crippen molar-refractivity contribution in [2.45, 2.75) is 0 Å². The van der Waals surface area contributed by atoms with Gasteiger partial charge in [-0.3, -0.25) is 0 Å². The highest BCUT2D eigenvalue weighted by Gasteiger charge is 2.05. The number of hydrogen-bond acceptors (Lipinski definition) is 3. The molecule has 0 bridgehead atoms. The third-order valence-corrected chi connectivity index (χ3v) is 2.35. The van der Waals surface area contributed by atoms with Crippen LogP contribution in [0.15, 0.2) is 29.0 Å². The van der Waals surface area contributed by atoms with Crippen molar-refractivity contribution in [2.24, 2.45) is 7.05 Å². The SMILES string of the molecule is Cn1ncnc1-c1cc(N)cc(Br)c1. The summed E-state index contributed by atoms with van der Waals surface area (Å²) in [5, 5.41) is 4.00. The van der Waals surface area contributed by atoms with Gasteiger partial charge in [-0.2, -0.15) is 5.10 Å². The average Bonchev–Trinajstić information content (AvgIpc) is 2.49. The van der Waals surface area contributed by atoms with E-state index in [-0.39, 0.29) is 0 Å². The van der Waals surface area contributed by atoms with Crippen LogP contribution in [0.1, 0.15) is 0 Å². The van der Waals surface area contributed by atoms with Crippen molar-refractivity contribution in [3.05, 3.63) is 29.0 Å². The second kappa shape index (κ2) is 3.42. The predicted molar refractivity (Wildman–Crippen MR) is 58.6 cm³/mol. The molecule has 1 aromatic carbocycles. The lowest BCUT2D eigenvalue weighted by Crippen LogP contribution is -1.95. The monoisotopic (exact) mass is 252 g/mol. The fraction of sp³-hybridized carbons (Fsp3) is 0.111. The molecule has 0 spiro atoms.